The molecule has 1 amide bonds. The van der Waals surface area contributed by atoms with Crippen molar-refractivity contribution in [3.05, 3.63) is 60.3 Å². The normalized spacial score (nSPS) is 13.4. The van der Waals surface area contributed by atoms with E-state index in [0.29, 0.717) is 5.56 Å². The number of alkyl halides is 3. The minimum Gasteiger partial charge on any atom is -0.464 e. The summed E-state index contributed by atoms with van der Waals surface area (Å²) in [6, 6.07) is 12.5. The first-order valence-corrected chi connectivity index (χ1v) is 7.53. The highest BCUT2D eigenvalue weighted by atomic mass is 19.4. The summed E-state index contributed by atoms with van der Waals surface area (Å²) in [5.41, 5.74) is -2.94. The number of ether oxygens (including phenoxy) is 1. The van der Waals surface area contributed by atoms with Crippen LogP contribution in [0.4, 0.5) is 19.0 Å². The second-order valence-corrected chi connectivity index (χ2v) is 5.35. The van der Waals surface area contributed by atoms with Gasteiger partial charge in [-0.2, -0.15) is 13.2 Å². The number of benzene rings is 1. The van der Waals surface area contributed by atoms with E-state index in [-0.39, 0.29) is 12.2 Å². The van der Waals surface area contributed by atoms with Crippen LogP contribution in [0.3, 0.4) is 0 Å². The second kappa shape index (κ2) is 7.85. The number of carbonyl (C=O) groups excluding carboxylic acids is 2. The summed E-state index contributed by atoms with van der Waals surface area (Å²) >= 11 is 0. The zero-order valence-corrected chi connectivity index (χ0v) is 13.8. The lowest BCUT2D eigenvalue weighted by Gasteiger charge is -2.30. The molecule has 1 heterocycles. The first kappa shape index (κ1) is 19.2. The average Bonchev–Trinajstić information content (AvgIpc) is 2.61. The molecule has 0 aliphatic heterocycles. The number of amides is 1. The van der Waals surface area contributed by atoms with E-state index >= 15 is 0 Å². The highest BCUT2D eigenvalue weighted by Crippen LogP contribution is 2.32. The van der Waals surface area contributed by atoms with Crippen LogP contribution in [0.1, 0.15) is 5.56 Å². The first-order valence-electron chi connectivity index (χ1n) is 7.53. The summed E-state index contributed by atoms with van der Waals surface area (Å²) in [6.07, 6.45) is -4.14. The molecule has 9 heteroatoms. The highest BCUT2D eigenvalue weighted by molar-refractivity contribution is 5.91. The third kappa shape index (κ3) is 4.29. The summed E-state index contributed by atoms with van der Waals surface area (Å²) in [7, 11) is 0.808. The number of hydrogen-bond acceptors (Lipinski definition) is 4. The van der Waals surface area contributed by atoms with E-state index in [1.165, 1.54) is 18.3 Å². The molecule has 0 saturated heterocycles. The Labute approximate surface area is 147 Å². The van der Waals surface area contributed by atoms with Gasteiger partial charge in [0.25, 0.3) is 5.82 Å². The lowest BCUT2D eigenvalue weighted by Crippen LogP contribution is -2.69. The van der Waals surface area contributed by atoms with Gasteiger partial charge in [0.05, 0.1) is 19.7 Å². The highest BCUT2D eigenvalue weighted by Gasteiger charge is 2.67. The van der Waals surface area contributed by atoms with Gasteiger partial charge in [-0.3, -0.25) is 10.1 Å². The summed E-state index contributed by atoms with van der Waals surface area (Å²) in [4.78, 5) is 26.8. The molecule has 0 aliphatic rings. The van der Waals surface area contributed by atoms with Crippen LogP contribution >= 0.6 is 0 Å². The molecule has 3 N–H and O–H groups in total. The number of anilines is 1. The summed E-state index contributed by atoms with van der Waals surface area (Å²) in [5.74, 6) is -2.82. The average molecular weight is 368 g/mol. The van der Waals surface area contributed by atoms with Gasteiger partial charge in [-0.15, -0.1) is 0 Å². The Kier molecular flexibility index (Phi) is 5.81. The fourth-order valence-electron chi connectivity index (χ4n) is 2.25. The molecule has 1 aromatic heterocycles. The Balaban J connectivity index is 2.35. The molecule has 0 aliphatic carbocycles. The Bertz CT molecular complexity index is 754. The Morgan fingerprint density at radius 2 is 1.73 bits per heavy atom. The number of pyridine rings is 1. The van der Waals surface area contributed by atoms with Gasteiger partial charge in [-0.05, 0) is 11.6 Å². The smallest absolute Gasteiger partial charge is 0.464 e. The van der Waals surface area contributed by atoms with Crippen LogP contribution in [0.2, 0.25) is 0 Å². The summed E-state index contributed by atoms with van der Waals surface area (Å²) < 4.78 is 45.7. The van der Waals surface area contributed by atoms with E-state index < -0.39 is 23.7 Å². The zero-order valence-electron chi connectivity index (χ0n) is 13.8. The minimum absolute atomic E-state index is 0.129. The van der Waals surface area contributed by atoms with Crippen molar-refractivity contribution in [1.82, 2.24) is 5.32 Å². The minimum atomic E-state index is -5.17. The molecule has 6 nitrogen and oxygen atoms in total. The van der Waals surface area contributed by atoms with Crippen LogP contribution in [0.15, 0.2) is 54.7 Å². The van der Waals surface area contributed by atoms with Crippen LogP contribution in [0.25, 0.3) is 0 Å². The number of aromatic amines is 1. The number of esters is 1. The molecular formula is C17H17F3N3O3+. The maximum absolute atomic E-state index is 13.8. The monoisotopic (exact) mass is 368 g/mol. The first-order chi connectivity index (χ1) is 12.3. The van der Waals surface area contributed by atoms with Gasteiger partial charge in [-0.25, -0.2) is 15.1 Å². The van der Waals surface area contributed by atoms with Gasteiger partial charge in [-0.1, -0.05) is 36.4 Å². The van der Waals surface area contributed by atoms with Gasteiger partial charge >= 0.3 is 17.8 Å². The third-order valence-electron chi connectivity index (χ3n) is 3.48. The van der Waals surface area contributed by atoms with Crippen molar-refractivity contribution < 1.29 is 32.5 Å². The lowest BCUT2D eigenvalue weighted by atomic mass is 10.1. The molecule has 0 saturated carbocycles. The van der Waals surface area contributed by atoms with E-state index in [9.17, 15) is 22.8 Å². The summed E-state index contributed by atoms with van der Waals surface area (Å²) in [6.45, 7) is 0. The molecule has 0 radical (unpaired) electrons. The van der Waals surface area contributed by atoms with E-state index in [1.807, 2.05) is 5.32 Å². The maximum atomic E-state index is 13.8. The van der Waals surface area contributed by atoms with Gasteiger partial charge in [0.1, 0.15) is 0 Å². The Hall–Kier alpha value is -3.10. The Morgan fingerprint density at radius 3 is 2.27 bits per heavy atom. The number of rotatable bonds is 6. The molecular weight excluding hydrogens is 351 g/mol. The quantitative estimate of drug-likeness (QED) is 0.601. The topological polar surface area (TPSA) is 81.6 Å². The number of methoxy groups -OCH3 is 1. The molecule has 0 bridgehead atoms. The van der Waals surface area contributed by atoms with Crippen molar-refractivity contribution in [3.63, 3.8) is 0 Å². The van der Waals surface area contributed by atoms with Crippen LogP contribution in [0, 0.1) is 0 Å². The van der Waals surface area contributed by atoms with Crippen LogP contribution in [-0.4, -0.2) is 30.8 Å². The van der Waals surface area contributed by atoms with Crippen molar-refractivity contribution in [2.45, 2.75) is 18.3 Å². The molecule has 0 fully saturated rings. The van der Waals surface area contributed by atoms with E-state index in [1.54, 1.807) is 41.7 Å². The molecule has 0 spiro atoms. The molecule has 0 unspecified atom stereocenters. The number of H-pyrrole nitrogens is 1. The van der Waals surface area contributed by atoms with Crippen molar-refractivity contribution in [2.75, 3.05) is 12.4 Å². The molecule has 2 rings (SSSR count). The van der Waals surface area contributed by atoms with Crippen LogP contribution < -0.4 is 15.6 Å². The number of hydrogen-bond donors (Lipinski definition) is 2. The number of aromatic nitrogens is 1. The molecule has 138 valence electrons. The van der Waals surface area contributed by atoms with Gasteiger partial charge in [0.15, 0.2) is 0 Å². The molecule has 26 heavy (non-hydrogen) atoms. The summed E-state index contributed by atoms with van der Waals surface area (Å²) in [5, 5.41) is 3.76. The van der Waals surface area contributed by atoms with Crippen LogP contribution in [-0.2, 0) is 20.7 Å². The number of nitrogens with one attached hydrogen (secondary N) is 3. The fourth-order valence-corrected chi connectivity index (χ4v) is 2.25. The lowest BCUT2D eigenvalue weighted by molar-refractivity contribution is -0.363. The third-order valence-corrected chi connectivity index (χ3v) is 3.48. The van der Waals surface area contributed by atoms with Crippen molar-refractivity contribution >= 4 is 17.7 Å². The molecule has 1 atom stereocenters. The van der Waals surface area contributed by atoms with Gasteiger partial charge in [0, 0.05) is 6.07 Å². The van der Waals surface area contributed by atoms with E-state index in [4.69, 9.17) is 0 Å². The van der Waals surface area contributed by atoms with Gasteiger partial charge < -0.3 is 4.74 Å². The predicted octanol–water partition coefficient (Wildman–Crippen LogP) is 1.70. The Morgan fingerprint density at radius 1 is 1.08 bits per heavy atom. The zero-order chi connectivity index (χ0) is 19.2. The second-order valence-electron chi connectivity index (χ2n) is 5.35. The standard InChI is InChI=1S/C17H16F3N3O3/c1-26-15(25)16(17(18,19)20,22-13-9-5-6-10-21-13)23-14(24)11-12-7-3-2-4-8-12/h2-10H,11H2,1H3,(H,21,22)(H,23,24)/p+1/t16-/m0/s1. The number of halogens is 3. The largest absolute Gasteiger partial charge is 0.464 e. The fraction of sp³-hybridized carbons (Fsp3) is 0.235. The van der Waals surface area contributed by atoms with E-state index in [0.717, 1.165) is 7.11 Å². The predicted molar refractivity (Wildman–Crippen MR) is 85.7 cm³/mol. The van der Waals surface area contributed by atoms with Crippen molar-refractivity contribution in [3.8, 4) is 0 Å². The van der Waals surface area contributed by atoms with Crippen molar-refractivity contribution in [2.24, 2.45) is 0 Å². The van der Waals surface area contributed by atoms with Crippen molar-refractivity contribution in [1.29, 1.82) is 0 Å². The number of carbonyl (C=O) groups is 2. The van der Waals surface area contributed by atoms with E-state index in [2.05, 4.69) is 9.72 Å². The maximum Gasteiger partial charge on any atom is 0.464 e. The molecule has 2 aromatic rings. The van der Waals surface area contributed by atoms with Crippen LogP contribution in [0.5, 0.6) is 0 Å². The molecule has 1 aromatic carbocycles. The SMILES string of the molecule is COC(=O)[C@@](NC(=O)Cc1ccccc1)(Nc1cccc[nH+]1)C(F)(F)F. The van der Waals surface area contributed by atoms with Gasteiger partial charge in [0.2, 0.25) is 5.91 Å².